The first kappa shape index (κ1) is 38.3. The van der Waals surface area contributed by atoms with Crippen molar-refractivity contribution >= 4 is 61.9 Å². The second-order valence-electron chi connectivity index (χ2n) is 15.1. The van der Waals surface area contributed by atoms with Crippen LogP contribution < -0.4 is 15.4 Å². The van der Waals surface area contributed by atoms with Crippen molar-refractivity contribution in [1.82, 2.24) is 29.8 Å². The first-order valence-corrected chi connectivity index (χ1v) is 21.6. The van der Waals surface area contributed by atoms with Crippen LogP contribution in [0.1, 0.15) is 68.9 Å². The van der Waals surface area contributed by atoms with E-state index in [-0.39, 0.29) is 25.9 Å². The molecule has 296 valence electrons. The van der Waals surface area contributed by atoms with E-state index in [0.717, 1.165) is 30.2 Å². The summed E-state index contributed by atoms with van der Waals surface area (Å²) < 4.78 is 47.4. The van der Waals surface area contributed by atoms with Crippen LogP contribution in [0.4, 0.5) is 14.3 Å². The molecule has 3 aromatic rings. The average molecular weight is 826 g/mol. The van der Waals surface area contributed by atoms with Crippen molar-refractivity contribution < 1.29 is 36.7 Å². The summed E-state index contributed by atoms with van der Waals surface area (Å²) in [6, 6.07) is 6.29. The van der Waals surface area contributed by atoms with Crippen LogP contribution in [0.3, 0.4) is 0 Å². The number of amides is 4. The number of thiazole rings is 1. The predicted octanol–water partition coefficient (Wildman–Crippen LogP) is 4.90. The van der Waals surface area contributed by atoms with Crippen LogP contribution in [-0.4, -0.2) is 87.5 Å². The summed E-state index contributed by atoms with van der Waals surface area (Å²) in [4.78, 5) is 67.9. The van der Waals surface area contributed by atoms with Crippen molar-refractivity contribution in [3.8, 4) is 11.4 Å². The molecule has 14 nitrogen and oxygen atoms in total. The molecule has 56 heavy (non-hydrogen) atoms. The molecule has 1 saturated heterocycles. The van der Waals surface area contributed by atoms with Crippen LogP contribution in [0.15, 0.2) is 54.1 Å². The van der Waals surface area contributed by atoms with Gasteiger partial charge in [-0.2, -0.15) is 0 Å². The number of carbonyl (C=O) groups is 4. The Balaban J connectivity index is 1.06. The van der Waals surface area contributed by atoms with E-state index in [1.807, 2.05) is 24.3 Å². The number of rotatable bonds is 7. The third-order valence-electron chi connectivity index (χ3n) is 11.1. The van der Waals surface area contributed by atoms with E-state index in [9.17, 15) is 32.0 Å². The van der Waals surface area contributed by atoms with Gasteiger partial charge in [0.2, 0.25) is 21.8 Å². The summed E-state index contributed by atoms with van der Waals surface area (Å²) in [6.45, 7) is 0.446. The molecule has 0 spiro atoms. The third kappa shape index (κ3) is 7.98. The quantitative estimate of drug-likeness (QED) is 0.278. The van der Waals surface area contributed by atoms with Crippen molar-refractivity contribution in [2.75, 3.05) is 11.9 Å². The molecule has 0 radical (unpaired) electrons. The van der Waals surface area contributed by atoms with Crippen LogP contribution in [0.5, 0.6) is 0 Å². The Bertz CT molecular complexity index is 2180. The van der Waals surface area contributed by atoms with Gasteiger partial charge in [0.1, 0.15) is 35.2 Å². The van der Waals surface area contributed by atoms with Gasteiger partial charge in [-0.05, 0) is 67.9 Å². The number of pyridine rings is 1. The highest BCUT2D eigenvalue weighted by Gasteiger charge is 2.62. The number of fused-ring (bicyclic) bond motifs is 3. The Labute approximate surface area is 332 Å². The van der Waals surface area contributed by atoms with E-state index in [4.69, 9.17) is 16.3 Å². The van der Waals surface area contributed by atoms with E-state index in [2.05, 4.69) is 25.3 Å². The Kier molecular flexibility index (Phi) is 10.5. The normalized spacial score (nSPS) is 26.6. The van der Waals surface area contributed by atoms with E-state index in [0.29, 0.717) is 60.2 Å². The van der Waals surface area contributed by atoms with Gasteiger partial charge in [0.25, 0.3) is 5.91 Å². The Hall–Kier alpha value is -4.61. The first-order valence-electron chi connectivity index (χ1n) is 18.8. The number of nitrogens with one attached hydrogen (secondary N) is 3. The highest BCUT2D eigenvalue weighted by Crippen LogP contribution is 2.46. The smallest absolute Gasteiger partial charge is 0.410 e. The fourth-order valence-corrected chi connectivity index (χ4v) is 10.1. The predicted molar refractivity (Wildman–Crippen MR) is 205 cm³/mol. The minimum absolute atomic E-state index is 0.0478. The van der Waals surface area contributed by atoms with Crippen LogP contribution >= 0.6 is 22.9 Å². The summed E-state index contributed by atoms with van der Waals surface area (Å²) in [6.07, 6.45) is 7.85. The SMILES string of the molecule is O=C1N[C@]2(C(=O)NS(=O)(=O)C3CC3)C[C@H]2C=CCCCCC[C@H](Nc2nc(-c3ccc(F)cn3)cs2)C(=O)N2C[C@H](OC(=O)N3Cc4cccc(Cl)c4C3)C[C@@H]12. The maximum Gasteiger partial charge on any atom is 0.410 e. The fourth-order valence-electron chi connectivity index (χ4n) is 7.71. The molecule has 5 atom stereocenters. The molecule has 3 fully saturated rings. The number of hydrogen-bond donors (Lipinski definition) is 3. The number of benzene rings is 1. The number of nitrogens with zero attached hydrogens (tertiary/aromatic N) is 4. The molecule has 18 heteroatoms. The van der Waals surface area contributed by atoms with Crippen LogP contribution in [0.25, 0.3) is 11.4 Å². The highest BCUT2D eigenvalue weighted by atomic mass is 35.5. The number of ether oxygens (including phenoxy) is 1. The standard InChI is InChI=1S/C38H41ClFN7O7S2/c39-28-9-6-7-22-18-46(20-27(22)28)37(51)54-25-15-32-33(48)44-38(35(50)45-56(52,53)26-12-13-26)16-23(38)8-4-2-1-3-5-10-30(34(49)47(32)19-25)42-36-43-31(21-55-36)29-14-11-24(40)17-41-29/h4,6-9,11,14,17,21,23,25-26,30,32H,1-3,5,10,12-13,15-16,18-20H2,(H,42,43)(H,44,48)(H,45,50)/t23-,25-,30+,32+,38-/m1/s1. The molecule has 4 amide bonds. The lowest BCUT2D eigenvalue weighted by molar-refractivity contribution is -0.140. The molecule has 8 rings (SSSR count). The summed E-state index contributed by atoms with van der Waals surface area (Å²) in [5.74, 6) is -2.81. The molecule has 3 N–H and O–H groups in total. The first-order chi connectivity index (χ1) is 26.9. The van der Waals surface area contributed by atoms with Crippen molar-refractivity contribution in [3.05, 3.63) is 76.0 Å². The van der Waals surface area contributed by atoms with Gasteiger partial charge in [-0.3, -0.25) is 29.0 Å². The lowest BCUT2D eigenvalue weighted by Crippen LogP contribution is -2.57. The molecular weight excluding hydrogens is 785 g/mol. The maximum atomic E-state index is 14.6. The highest BCUT2D eigenvalue weighted by molar-refractivity contribution is 7.91. The van der Waals surface area contributed by atoms with Crippen molar-refractivity contribution in [1.29, 1.82) is 0 Å². The molecule has 5 heterocycles. The molecule has 2 saturated carbocycles. The van der Waals surface area contributed by atoms with Gasteiger partial charge in [-0.15, -0.1) is 11.3 Å². The largest absolute Gasteiger partial charge is 0.444 e. The zero-order valence-corrected chi connectivity index (χ0v) is 32.7. The molecule has 0 unspecified atom stereocenters. The molecular formula is C38H41ClFN7O7S2. The van der Waals surface area contributed by atoms with Crippen molar-refractivity contribution in [3.63, 3.8) is 0 Å². The summed E-state index contributed by atoms with van der Waals surface area (Å²) in [7, 11) is -3.91. The van der Waals surface area contributed by atoms with E-state index in [1.165, 1.54) is 33.3 Å². The van der Waals surface area contributed by atoms with E-state index >= 15 is 0 Å². The summed E-state index contributed by atoms with van der Waals surface area (Å²) in [5.41, 5.74) is 1.16. The zero-order valence-electron chi connectivity index (χ0n) is 30.3. The maximum absolute atomic E-state index is 14.6. The molecule has 5 aliphatic rings. The van der Waals surface area contributed by atoms with Gasteiger partial charge in [0.15, 0.2) is 5.13 Å². The number of anilines is 1. The van der Waals surface area contributed by atoms with Crippen LogP contribution in [0, 0.1) is 11.7 Å². The van der Waals surface area contributed by atoms with Gasteiger partial charge < -0.3 is 20.3 Å². The number of carbonyl (C=O) groups excluding carboxylic acids is 4. The lowest BCUT2D eigenvalue weighted by Gasteiger charge is -2.29. The molecule has 0 bridgehead atoms. The van der Waals surface area contributed by atoms with Crippen LogP contribution in [-0.2, 0) is 42.2 Å². The summed E-state index contributed by atoms with van der Waals surface area (Å²) >= 11 is 7.64. The van der Waals surface area contributed by atoms with Gasteiger partial charge in [-0.25, -0.2) is 22.6 Å². The van der Waals surface area contributed by atoms with Crippen molar-refractivity contribution in [2.45, 2.75) is 99.9 Å². The Morgan fingerprint density at radius 2 is 1.91 bits per heavy atom. The van der Waals surface area contributed by atoms with Gasteiger partial charge >= 0.3 is 6.09 Å². The molecule has 3 aliphatic heterocycles. The number of allylic oxidation sites excluding steroid dienone is 1. The van der Waals surface area contributed by atoms with Crippen LogP contribution in [0.2, 0.25) is 5.02 Å². The third-order valence-corrected chi connectivity index (χ3v) is 14.0. The molecule has 2 aliphatic carbocycles. The summed E-state index contributed by atoms with van der Waals surface area (Å²) in [5, 5.41) is 8.19. The number of aromatic nitrogens is 2. The fraction of sp³-hybridized carbons (Fsp3) is 0.474. The van der Waals surface area contributed by atoms with E-state index in [1.54, 1.807) is 11.4 Å². The Morgan fingerprint density at radius 3 is 2.68 bits per heavy atom. The molecule has 1 aromatic carbocycles. The minimum atomic E-state index is -3.91. The van der Waals surface area contributed by atoms with Crippen molar-refractivity contribution in [2.24, 2.45) is 5.92 Å². The average Bonchev–Trinajstić information content (AvgIpc) is 3.97. The number of halogens is 2. The van der Waals surface area contributed by atoms with Gasteiger partial charge in [0.05, 0.1) is 30.2 Å². The minimum Gasteiger partial charge on any atom is -0.444 e. The number of hydrogen-bond acceptors (Lipinski definition) is 11. The lowest BCUT2D eigenvalue weighted by atomic mass is 10.1. The molecule has 2 aromatic heterocycles. The van der Waals surface area contributed by atoms with E-state index < -0.39 is 74.5 Å². The Morgan fingerprint density at radius 1 is 1.07 bits per heavy atom. The van der Waals surface area contributed by atoms with Gasteiger partial charge in [0, 0.05) is 29.3 Å². The second-order valence-corrected chi connectivity index (χ2v) is 18.3. The topological polar surface area (TPSA) is 180 Å². The zero-order chi connectivity index (χ0) is 39.2. The second kappa shape index (κ2) is 15.4. The monoisotopic (exact) mass is 825 g/mol. The van der Waals surface area contributed by atoms with Gasteiger partial charge in [-0.1, -0.05) is 48.7 Å². The number of sulfonamides is 1.